The van der Waals surface area contributed by atoms with E-state index in [0.29, 0.717) is 10.2 Å². The monoisotopic (exact) mass is 358 g/mol. The van der Waals surface area contributed by atoms with Crippen molar-refractivity contribution in [2.75, 3.05) is 18.6 Å². The lowest BCUT2D eigenvalue weighted by Gasteiger charge is -2.17. The molecule has 118 valence electrons. The lowest BCUT2D eigenvalue weighted by molar-refractivity contribution is -0.117. The van der Waals surface area contributed by atoms with Crippen LogP contribution in [0.5, 0.6) is 0 Å². The standard InChI is InChI=1S/C14H15ClN2O3S2/c1-17-11-7-22(19,20)8-12(11)21-14(17)16-13(18)6-9-2-4-10(15)5-3-9/h2-5,11-12H,6-8H2,1H3/t11-,12-/m0/s1. The lowest BCUT2D eigenvalue weighted by Crippen LogP contribution is -2.34. The van der Waals surface area contributed by atoms with Gasteiger partial charge in [-0.1, -0.05) is 35.5 Å². The Hall–Kier alpha value is -1.05. The predicted molar refractivity (Wildman–Crippen MR) is 89.2 cm³/mol. The molecule has 0 spiro atoms. The number of hydrogen-bond donors (Lipinski definition) is 0. The van der Waals surface area contributed by atoms with Crippen molar-refractivity contribution in [2.24, 2.45) is 4.99 Å². The molecule has 1 amide bonds. The molecule has 8 heteroatoms. The molecule has 0 radical (unpaired) electrons. The molecule has 22 heavy (non-hydrogen) atoms. The third kappa shape index (κ3) is 3.31. The second kappa shape index (κ2) is 5.86. The first-order chi connectivity index (χ1) is 10.3. The molecule has 2 heterocycles. The van der Waals surface area contributed by atoms with E-state index < -0.39 is 9.84 Å². The molecule has 3 rings (SSSR count). The van der Waals surface area contributed by atoms with Crippen LogP contribution in [0.15, 0.2) is 29.3 Å². The van der Waals surface area contributed by atoms with E-state index in [9.17, 15) is 13.2 Å². The summed E-state index contributed by atoms with van der Waals surface area (Å²) >= 11 is 7.20. The number of sulfone groups is 1. The number of nitrogens with zero attached hydrogens (tertiary/aromatic N) is 2. The fourth-order valence-electron chi connectivity index (χ4n) is 2.66. The highest BCUT2D eigenvalue weighted by atomic mass is 35.5. The summed E-state index contributed by atoms with van der Waals surface area (Å²) in [5.74, 6) is 0.0716. The van der Waals surface area contributed by atoms with Crippen LogP contribution in [0.1, 0.15) is 5.56 Å². The zero-order valence-corrected chi connectivity index (χ0v) is 14.3. The molecule has 5 nitrogen and oxygen atoms in total. The minimum Gasteiger partial charge on any atom is -0.349 e. The number of amidine groups is 1. The average Bonchev–Trinajstić information content (AvgIpc) is 2.87. The zero-order chi connectivity index (χ0) is 15.9. The molecule has 2 atom stereocenters. The van der Waals surface area contributed by atoms with Gasteiger partial charge in [0, 0.05) is 17.3 Å². The highest BCUT2D eigenvalue weighted by Crippen LogP contribution is 2.36. The summed E-state index contributed by atoms with van der Waals surface area (Å²) in [6.45, 7) is 0. The first-order valence-corrected chi connectivity index (χ1v) is 9.88. The summed E-state index contributed by atoms with van der Waals surface area (Å²) in [5, 5.41) is 1.23. The third-order valence-electron chi connectivity index (χ3n) is 3.82. The zero-order valence-electron chi connectivity index (χ0n) is 11.9. The summed E-state index contributed by atoms with van der Waals surface area (Å²) in [5.41, 5.74) is 0.854. The van der Waals surface area contributed by atoms with Crippen LogP contribution >= 0.6 is 23.4 Å². The number of rotatable bonds is 2. The van der Waals surface area contributed by atoms with E-state index in [1.165, 1.54) is 11.8 Å². The van der Waals surface area contributed by atoms with E-state index in [0.717, 1.165) is 5.56 Å². The maximum Gasteiger partial charge on any atom is 0.252 e. The summed E-state index contributed by atoms with van der Waals surface area (Å²) in [6.07, 6.45) is 0.211. The van der Waals surface area contributed by atoms with Gasteiger partial charge in [-0.25, -0.2) is 8.42 Å². The second-order valence-corrected chi connectivity index (χ2v) is 9.30. The number of aliphatic imine (C=N–C) groups is 1. The largest absolute Gasteiger partial charge is 0.349 e. The van der Waals surface area contributed by atoms with Crippen molar-refractivity contribution < 1.29 is 13.2 Å². The van der Waals surface area contributed by atoms with Crippen molar-refractivity contribution in [3.63, 3.8) is 0 Å². The number of benzene rings is 1. The fourth-order valence-corrected chi connectivity index (χ4v) is 6.80. The maximum absolute atomic E-state index is 12.1. The van der Waals surface area contributed by atoms with Gasteiger partial charge < -0.3 is 4.90 Å². The van der Waals surface area contributed by atoms with E-state index >= 15 is 0 Å². The first-order valence-electron chi connectivity index (χ1n) is 6.80. The Kier molecular flexibility index (Phi) is 4.22. The number of halogens is 1. The molecule has 0 aliphatic carbocycles. The molecule has 0 bridgehead atoms. The number of fused-ring (bicyclic) bond motifs is 1. The number of carbonyl (C=O) groups excluding carboxylic acids is 1. The second-order valence-electron chi connectivity index (χ2n) is 5.50. The Labute approximate surface area is 138 Å². The molecular formula is C14H15ClN2O3S2. The van der Waals surface area contributed by atoms with Gasteiger partial charge in [-0.15, -0.1) is 0 Å². The number of carbonyl (C=O) groups is 1. The van der Waals surface area contributed by atoms with Gasteiger partial charge in [0.05, 0.1) is 24.0 Å². The van der Waals surface area contributed by atoms with Gasteiger partial charge in [0.2, 0.25) is 0 Å². The average molecular weight is 359 g/mol. The first kappa shape index (κ1) is 15.8. The van der Waals surface area contributed by atoms with Crippen molar-refractivity contribution >= 4 is 44.3 Å². The van der Waals surface area contributed by atoms with Crippen molar-refractivity contribution in [1.29, 1.82) is 0 Å². The number of hydrogen-bond acceptors (Lipinski definition) is 4. The summed E-state index contributed by atoms with van der Waals surface area (Å²) in [6, 6.07) is 7.00. The van der Waals surface area contributed by atoms with E-state index in [2.05, 4.69) is 4.99 Å². The van der Waals surface area contributed by atoms with Crippen molar-refractivity contribution in [2.45, 2.75) is 17.7 Å². The van der Waals surface area contributed by atoms with Gasteiger partial charge >= 0.3 is 0 Å². The highest BCUT2D eigenvalue weighted by Gasteiger charge is 2.47. The van der Waals surface area contributed by atoms with Gasteiger partial charge in [-0.3, -0.25) is 4.79 Å². The fraction of sp³-hybridized carbons (Fsp3) is 0.429. The van der Waals surface area contributed by atoms with E-state index in [4.69, 9.17) is 11.6 Å². The molecule has 0 N–H and O–H groups in total. The Morgan fingerprint density at radius 3 is 2.68 bits per heavy atom. The molecule has 0 saturated carbocycles. The lowest BCUT2D eigenvalue weighted by atomic mass is 10.1. The quantitative estimate of drug-likeness (QED) is 0.803. The van der Waals surface area contributed by atoms with Crippen LogP contribution in [0.2, 0.25) is 5.02 Å². The molecule has 2 aliphatic rings. The molecule has 2 saturated heterocycles. The molecule has 1 aromatic carbocycles. The predicted octanol–water partition coefficient (Wildman–Crippen LogP) is 1.61. The highest BCUT2D eigenvalue weighted by molar-refractivity contribution is 8.15. The summed E-state index contributed by atoms with van der Waals surface area (Å²) in [7, 11) is -1.16. The van der Waals surface area contributed by atoms with Crippen LogP contribution in [0.4, 0.5) is 0 Å². The molecule has 0 aromatic heterocycles. The van der Waals surface area contributed by atoms with Gasteiger partial charge in [0.25, 0.3) is 5.91 Å². The number of amides is 1. The van der Waals surface area contributed by atoms with Crippen LogP contribution in [-0.4, -0.2) is 54.2 Å². The minimum atomic E-state index is -2.96. The maximum atomic E-state index is 12.1. The Morgan fingerprint density at radius 1 is 1.36 bits per heavy atom. The summed E-state index contributed by atoms with van der Waals surface area (Å²) in [4.78, 5) is 18.0. The Balaban J connectivity index is 1.68. The van der Waals surface area contributed by atoms with E-state index in [1.54, 1.807) is 31.3 Å². The van der Waals surface area contributed by atoms with Crippen LogP contribution in [0, 0.1) is 0 Å². The van der Waals surface area contributed by atoms with Crippen LogP contribution in [-0.2, 0) is 21.1 Å². The smallest absolute Gasteiger partial charge is 0.252 e. The molecule has 2 fully saturated rings. The van der Waals surface area contributed by atoms with Crippen LogP contribution < -0.4 is 0 Å². The van der Waals surface area contributed by atoms with Crippen molar-refractivity contribution in [1.82, 2.24) is 4.90 Å². The van der Waals surface area contributed by atoms with Gasteiger partial charge in [0.1, 0.15) is 0 Å². The molecule has 0 unspecified atom stereocenters. The normalized spacial score (nSPS) is 28.1. The molecule has 2 aliphatic heterocycles. The Bertz CT molecular complexity index is 731. The van der Waals surface area contributed by atoms with Gasteiger partial charge in [0.15, 0.2) is 15.0 Å². The third-order valence-corrected chi connectivity index (χ3v) is 7.37. The van der Waals surface area contributed by atoms with Gasteiger partial charge in [-0.05, 0) is 17.7 Å². The SMILES string of the molecule is CN1C(=NC(=O)Cc2ccc(Cl)cc2)S[C@H]2CS(=O)(=O)C[C@@H]21. The topological polar surface area (TPSA) is 66.8 Å². The van der Waals surface area contributed by atoms with Crippen LogP contribution in [0.25, 0.3) is 0 Å². The van der Waals surface area contributed by atoms with Crippen molar-refractivity contribution in [3.05, 3.63) is 34.9 Å². The van der Waals surface area contributed by atoms with E-state index in [-0.39, 0.29) is 35.1 Å². The minimum absolute atomic E-state index is 0.0166. The number of thioether (sulfide) groups is 1. The van der Waals surface area contributed by atoms with Crippen molar-refractivity contribution in [3.8, 4) is 0 Å². The summed E-state index contributed by atoms with van der Waals surface area (Å²) < 4.78 is 23.3. The van der Waals surface area contributed by atoms with Crippen LogP contribution in [0.3, 0.4) is 0 Å². The van der Waals surface area contributed by atoms with E-state index in [1.807, 2.05) is 4.90 Å². The Morgan fingerprint density at radius 2 is 2.05 bits per heavy atom. The van der Waals surface area contributed by atoms with Gasteiger partial charge in [-0.2, -0.15) is 4.99 Å². The molecule has 1 aromatic rings. The molecular weight excluding hydrogens is 344 g/mol.